The average molecular weight is 324 g/mol. The zero-order valence-corrected chi connectivity index (χ0v) is 13.1. The number of benzene rings is 1. The van der Waals surface area contributed by atoms with Crippen LogP contribution < -0.4 is 10.1 Å². The van der Waals surface area contributed by atoms with Crippen molar-refractivity contribution >= 4 is 29.2 Å². The molecule has 1 aromatic rings. The third kappa shape index (κ3) is 4.49. The molecule has 1 aromatic carbocycles. The molecule has 0 bridgehead atoms. The first kappa shape index (κ1) is 16.4. The summed E-state index contributed by atoms with van der Waals surface area (Å²) in [5.74, 6) is -0.349. The smallest absolute Gasteiger partial charge is 0.309 e. The molecule has 0 saturated carbocycles. The van der Waals surface area contributed by atoms with Crippen molar-refractivity contribution in [2.45, 2.75) is 19.3 Å². The lowest BCUT2D eigenvalue weighted by molar-refractivity contribution is -0.151. The molecule has 0 unspecified atom stereocenters. The number of anilines is 1. The molecule has 0 fully saturated rings. The molecule has 0 radical (unpaired) electrons. The third-order valence-corrected chi connectivity index (χ3v) is 3.68. The van der Waals surface area contributed by atoms with Crippen molar-refractivity contribution in [3.05, 3.63) is 35.4 Å². The fraction of sp³-hybridized carbons (Fsp3) is 0.375. The molecule has 0 aromatic heterocycles. The number of amides is 1. The van der Waals surface area contributed by atoms with Crippen LogP contribution in [0.4, 0.5) is 5.69 Å². The molecular weight excluding hydrogens is 306 g/mol. The minimum atomic E-state index is -0.402. The Balaban J connectivity index is 1.81. The van der Waals surface area contributed by atoms with Gasteiger partial charge < -0.3 is 14.8 Å². The highest BCUT2D eigenvalue weighted by atomic mass is 35.5. The number of carbonyl (C=O) groups excluding carboxylic acids is 2. The lowest BCUT2D eigenvalue weighted by Gasteiger charge is -2.16. The van der Waals surface area contributed by atoms with Gasteiger partial charge in [-0.2, -0.15) is 0 Å². The number of nitrogens with one attached hydrogen (secondary N) is 1. The molecule has 1 N–H and O–H groups in total. The van der Waals surface area contributed by atoms with Gasteiger partial charge in [0.05, 0.1) is 18.1 Å². The zero-order valence-electron chi connectivity index (χ0n) is 12.3. The molecule has 5 nitrogen and oxygen atoms in total. The monoisotopic (exact) mass is 323 g/mol. The summed E-state index contributed by atoms with van der Waals surface area (Å²) in [5, 5.41) is 3.02. The first-order chi connectivity index (χ1) is 10.6. The number of methoxy groups -OCH3 is 1. The third-order valence-electron chi connectivity index (χ3n) is 3.38. The van der Waals surface area contributed by atoms with Crippen LogP contribution in [0.1, 0.15) is 19.3 Å². The van der Waals surface area contributed by atoms with Gasteiger partial charge >= 0.3 is 5.97 Å². The van der Waals surface area contributed by atoms with E-state index >= 15 is 0 Å². The zero-order chi connectivity index (χ0) is 15.9. The normalized spacial score (nSPS) is 16.9. The molecule has 1 atom stereocenters. The van der Waals surface area contributed by atoms with Crippen LogP contribution >= 0.6 is 11.6 Å². The van der Waals surface area contributed by atoms with Gasteiger partial charge in [0, 0.05) is 5.69 Å². The molecule has 0 aliphatic heterocycles. The second-order valence-corrected chi connectivity index (χ2v) is 5.39. The molecule has 0 saturated heterocycles. The van der Waals surface area contributed by atoms with Crippen LogP contribution in [0.2, 0.25) is 5.02 Å². The molecule has 1 amide bonds. The summed E-state index contributed by atoms with van der Waals surface area (Å²) < 4.78 is 10.1. The SMILES string of the molecule is COc1ccc(NC(=O)COC(=O)[C@@H]2CC=CCC2)cc1Cl. The summed E-state index contributed by atoms with van der Waals surface area (Å²) in [5.41, 5.74) is 0.521. The van der Waals surface area contributed by atoms with Gasteiger partial charge in [0.15, 0.2) is 6.61 Å². The lowest BCUT2D eigenvalue weighted by atomic mass is 9.95. The number of rotatable bonds is 5. The van der Waals surface area contributed by atoms with Gasteiger partial charge in [0.25, 0.3) is 5.91 Å². The van der Waals surface area contributed by atoms with Crippen LogP contribution in [-0.2, 0) is 14.3 Å². The summed E-state index contributed by atoms with van der Waals surface area (Å²) in [4.78, 5) is 23.6. The van der Waals surface area contributed by atoms with Crippen LogP contribution in [0, 0.1) is 5.92 Å². The summed E-state index contributed by atoms with van der Waals surface area (Å²) in [6, 6.07) is 4.89. The highest BCUT2D eigenvalue weighted by Gasteiger charge is 2.21. The van der Waals surface area contributed by atoms with E-state index in [1.165, 1.54) is 7.11 Å². The molecule has 22 heavy (non-hydrogen) atoms. The van der Waals surface area contributed by atoms with Crippen molar-refractivity contribution < 1.29 is 19.1 Å². The molecule has 6 heteroatoms. The molecule has 118 valence electrons. The van der Waals surface area contributed by atoms with E-state index in [0.29, 0.717) is 22.9 Å². The molecule has 0 spiro atoms. The maximum absolute atomic E-state index is 11.8. The highest BCUT2D eigenvalue weighted by molar-refractivity contribution is 6.32. The largest absolute Gasteiger partial charge is 0.495 e. The van der Waals surface area contributed by atoms with Gasteiger partial charge in [-0.3, -0.25) is 9.59 Å². The van der Waals surface area contributed by atoms with Gasteiger partial charge in [-0.15, -0.1) is 0 Å². The predicted octanol–water partition coefficient (Wildman–Crippen LogP) is 3.19. The number of allylic oxidation sites excluding steroid dienone is 2. The van der Waals surface area contributed by atoms with Crippen molar-refractivity contribution in [1.29, 1.82) is 0 Å². The summed E-state index contributed by atoms with van der Waals surface area (Å²) in [6.45, 7) is -0.303. The minimum absolute atomic E-state index is 0.145. The average Bonchev–Trinajstić information content (AvgIpc) is 2.53. The van der Waals surface area contributed by atoms with Crippen molar-refractivity contribution in [1.82, 2.24) is 0 Å². The van der Waals surface area contributed by atoms with Gasteiger partial charge in [-0.1, -0.05) is 23.8 Å². The highest BCUT2D eigenvalue weighted by Crippen LogP contribution is 2.27. The van der Waals surface area contributed by atoms with Crippen LogP contribution in [-0.4, -0.2) is 25.6 Å². The predicted molar refractivity (Wildman–Crippen MR) is 84.1 cm³/mol. The maximum Gasteiger partial charge on any atom is 0.309 e. The van der Waals surface area contributed by atoms with E-state index in [9.17, 15) is 9.59 Å². The van der Waals surface area contributed by atoms with Crippen molar-refractivity contribution in [3.63, 3.8) is 0 Å². The molecule has 1 aliphatic carbocycles. The summed E-state index contributed by atoms with van der Waals surface area (Å²) in [6.07, 6.45) is 6.33. The van der Waals surface area contributed by atoms with E-state index in [2.05, 4.69) is 5.32 Å². The Labute approximate surface area is 134 Å². The Morgan fingerprint density at radius 2 is 2.18 bits per heavy atom. The van der Waals surface area contributed by atoms with E-state index in [1.54, 1.807) is 18.2 Å². The van der Waals surface area contributed by atoms with E-state index in [1.807, 2.05) is 12.2 Å². The second kappa shape index (κ2) is 7.84. The van der Waals surface area contributed by atoms with Crippen LogP contribution in [0.3, 0.4) is 0 Å². The topological polar surface area (TPSA) is 64.6 Å². The van der Waals surface area contributed by atoms with E-state index in [0.717, 1.165) is 12.8 Å². The maximum atomic E-state index is 11.8. The Bertz CT molecular complexity index is 586. The van der Waals surface area contributed by atoms with E-state index < -0.39 is 5.91 Å². The first-order valence-corrected chi connectivity index (χ1v) is 7.43. The fourth-order valence-corrected chi connectivity index (χ4v) is 2.46. The van der Waals surface area contributed by atoms with Gasteiger partial charge in [-0.05, 0) is 37.5 Å². The van der Waals surface area contributed by atoms with Crippen LogP contribution in [0.5, 0.6) is 5.75 Å². The Morgan fingerprint density at radius 1 is 1.36 bits per heavy atom. The van der Waals surface area contributed by atoms with Crippen LogP contribution in [0.25, 0.3) is 0 Å². The molecule has 1 aliphatic rings. The Morgan fingerprint density at radius 3 is 2.82 bits per heavy atom. The summed E-state index contributed by atoms with van der Waals surface area (Å²) in [7, 11) is 1.51. The number of esters is 1. The number of hydrogen-bond acceptors (Lipinski definition) is 4. The Kier molecular flexibility index (Phi) is 5.83. The van der Waals surface area contributed by atoms with Gasteiger partial charge in [-0.25, -0.2) is 0 Å². The van der Waals surface area contributed by atoms with Gasteiger partial charge in [0.1, 0.15) is 5.75 Å². The first-order valence-electron chi connectivity index (χ1n) is 7.05. The fourth-order valence-electron chi connectivity index (χ4n) is 2.20. The standard InChI is InChI=1S/C16H18ClNO4/c1-21-14-8-7-12(9-13(14)17)18-15(19)10-22-16(20)11-5-3-2-4-6-11/h2-3,7-9,11H,4-6,10H2,1H3,(H,18,19)/t11-/m1/s1. The van der Waals surface area contributed by atoms with Crippen molar-refractivity contribution in [2.75, 3.05) is 19.0 Å². The molecule has 2 rings (SSSR count). The summed E-state index contributed by atoms with van der Waals surface area (Å²) >= 11 is 5.97. The van der Waals surface area contributed by atoms with Gasteiger partial charge in [0.2, 0.25) is 0 Å². The number of halogens is 1. The molecule has 0 heterocycles. The van der Waals surface area contributed by atoms with Crippen molar-refractivity contribution in [3.8, 4) is 5.75 Å². The lowest BCUT2D eigenvalue weighted by Crippen LogP contribution is -2.25. The van der Waals surface area contributed by atoms with E-state index in [-0.39, 0.29) is 18.5 Å². The second-order valence-electron chi connectivity index (χ2n) is 4.99. The van der Waals surface area contributed by atoms with E-state index in [4.69, 9.17) is 21.1 Å². The number of carbonyl (C=O) groups is 2. The van der Waals surface area contributed by atoms with Crippen LogP contribution in [0.15, 0.2) is 30.4 Å². The minimum Gasteiger partial charge on any atom is -0.495 e. The quantitative estimate of drug-likeness (QED) is 0.667. The Hall–Kier alpha value is -2.01. The van der Waals surface area contributed by atoms with Crippen molar-refractivity contribution in [2.24, 2.45) is 5.92 Å². The number of ether oxygens (including phenoxy) is 2. The molecular formula is C16H18ClNO4. The number of hydrogen-bond donors (Lipinski definition) is 1.